The van der Waals surface area contributed by atoms with Crippen LogP contribution < -0.4 is 5.32 Å². The first-order chi connectivity index (χ1) is 8.29. The van der Waals surface area contributed by atoms with Gasteiger partial charge in [-0.3, -0.25) is 4.68 Å². The van der Waals surface area contributed by atoms with Gasteiger partial charge in [-0.05, 0) is 6.42 Å². The molecule has 17 heavy (non-hydrogen) atoms. The Hall–Kier alpha value is -1.78. The standard InChI is InChI=1S/C12H19N5/c1-3-4-6-17-7-5-13-12(17)14-8-11-9-15-16(2)10-11/h5,7,9-10H,3-4,6,8H2,1-2H3,(H,13,14). The van der Waals surface area contributed by atoms with Gasteiger partial charge in [0, 0.05) is 44.3 Å². The lowest BCUT2D eigenvalue weighted by Gasteiger charge is -2.08. The molecule has 0 spiro atoms. The van der Waals surface area contributed by atoms with Crippen LogP contribution in [0.2, 0.25) is 0 Å². The molecule has 5 heteroatoms. The Kier molecular flexibility index (Phi) is 3.80. The van der Waals surface area contributed by atoms with Crippen molar-refractivity contribution in [1.29, 1.82) is 0 Å². The first-order valence-electron chi connectivity index (χ1n) is 6.02. The molecule has 0 radical (unpaired) electrons. The van der Waals surface area contributed by atoms with E-state index in [1.807, 2.05) is 31.8 Å². The van der Waals surface area contributed by atoms with Crippen molar-refractivity contribution in [1.82, 2.24) is 19.3 Å². The SMILES string of the molecule is CCCCn1ccnc1NCc1cnn(C)c1. The number of hydrogen-bond donors (Lipinski definition) is 1. The van der Waals surface area contributed by atoms with E-state index in [0.717, 1.165) is 24.6 Å². The molecule has 0 saturated carbocycles. The van der Waals surface area contributed by atoms with Gasteiger partial charge in [0.2, 0.25) is 5.95 Å². The molecule has 0 aliphatic carbocycles. The molecule has 2 aromatic heterocycles. The van der Waals surface area contributed by atoms with E-state index in [9.17, 15) is 0 Å². The molecule has 0 aliphatic heterocycles. The van der Waals surface area contributed by atoms with Crippen LogP contribution in [-0.4, -0.2) is 19.3 Å². The van der Waals surface area contributed by atoms with E-state index in [1.54, 1.807) is 4.68 Å². The summed E-state index contributed by atoms with van der Waals surface area (Å²) in [5.41, 5.74) is 1.16. The highest BCUT2D eigenvalue weighted by Gasteiger charge is 2.02. The van der Waals surface area contributed by atoms with Gasteiger partial charge in [0.15, 0.2) is 0 Å². The molecular weight excluding hydrogens is 214 g/mol. The fraction of sp³-hybridized carbons (Fsp3) is 0.500. The average molecular weight is 233 g/mol. The van der Waals surface area contributed by atoms with Crippen molar-refractivity contribution >= 4 is 5.95 Å². The predicted octanol–water partition coefficient (Wildman–Crippen LogP) is 2.03. The topological polar surface area (TPSA) is 47.7 Å². The van der Waals surface area contributed by atoms with E-state index in [2.05, 4.69) is 26.9 Å². The van der Waals surface area contributed by atoms with Crippen LogP contribution in [0.1, 0.15) is 25.3 Å². The molecule has 0 unspecified atom stereocenters. The molecule has 0 bridgehead atoms. The Bertz CT molecular complexity index is 457. The van der Waals surface area contributed by atoms with Crippen LogP contribution in [0.4, 0.5) is 5.95 Å². The Morgan fingerprint density at radius 2 is 2.29 bits per heavy atom. The molecule has 92 valence electrons. The van der Waals surface area contributed by atoms with Gasteiger partial charge >= 0.3 is 0 Å². The zero-order chi connectivity index (χ0) is 12.1. The molecule has 1 N–H and O–H groups in total. The minimum atomic E-state index is 0.761. The highest BCUT2D eigenvalue weighted by molar-refractivity contribution is 5.27. The minimum Gasteiger partial charge on any atom is -0.351 e. The Morgan fingerprint density at radius 3 is 3.00 bits per heavy atom. The van der Waals surface area contributed by atoms with Crippen LogP contribution in [0.15, 0.2) is 24.8 Å². The van der Waals surface area contributed by atoms with Gasteiger partial charge < -0.3 is 9.88 Å². The first kappa shape index (κ1) is 11.7. The third-order valence-electron chi connectivity index (χ3n) is 2.68. The molecule has 0 aromatic carbocycles. The van der Waals surface area contributed by atoms with Gasteiger partial charge in [-0.1, -0.05) is 13.3 Å². The third-order valence-corrected chi connectivity index (χ3v) is 2.68. The number of rotatable bonds is 6. The zero-order valence-electron chi connectivity index (χ0n) is 10.4. The summed E-state index contributed by atoms with van der Waals surface area (Å²) in [7, 11) is 1.92. The molecule has 2 rings (SSSR count). The van der Waals surface area contributed by atoms with E-state index >= 15 is 0 Å². The van der Waals surface area contributed by atoms with Crippen molar-refractivity contribution in [3.63, 3.8) is 0 Å². The number of hydrogen-bond acceptors (Lipinski definition) is 3. The van der Waals surface area contributed by atoms with Crippen LogP contribution in [0, 0.1) is 0 Å². The molecule has 0 saturated heterocycles. The second-order valence-corrected chi connectivity index (χ2v) is 4.17. The molecule has 0 aliphatic rings. The zero-order valence-corrected chi connectivity index (χ0v) is 10.4. The average Bonchev–Trinajstić information content (AvgIpc) is 2.92. The normalized spacial score (nSPS) is 10.7. The Balaban J connectivity index is 1.92. The maximum Gasteiger partial charge on any atom is 0.203 e. The molecule has 0 fully saturated rings. The van der Waals surface area contributed by atoms with E-state index in [1.165, 1.54) is 12.8 Å². The lowest BCUT2D eigenvalue weighted by molar-refractivity contribution is 0.635. The summed E-state index contributed by atoms with van der Waals surface area (Å²) in [6.07, 6.45) is 10.1. The molecule has 5 nitrogen and oxygen atoms in total. The van der Waals surface area contributed by atoms with Crippen molar-refractivity contribution in [3.8, 4) is 0 Å². The monoisotopic (exact) mass is 233 g/mol. The summed E-state index contributed by atoms with van der Waals surface area (Å²) < 4.78 is 3.96. The van der Waals surface area contributed by atoms with Gasteiger partial charge in [0.05, 0.1) is 6.20 Å². The van der Waals surface area contributed by atoms with Gasteiger partial charge in [-0.25, -0.2) is 4.98 Å². The number of unbranched alkanes of at least 4 members (excludes halogenated alkanes) is 1. The number of imidazole rings is 1. The number of anilines is 1. The molecule has 0 atom stereocenters. The maximum absolute atomic E-state index is 4.32. The Labute approximate surface area is 101 Å². The molecule has 2 heterocycles. The van der Waals surface area contributed by atoms with Crippen LogP contribution in [0.25, 0.3) is 0 Å². The second-order valence-electron chi connectivity index (χ2n) is 4.17. The van der Waals surface area contributed by atoms with Gasteiger partial charge in [-0.2, -0.15) is 5.10 Å². The quantitative estimate of drug-likeness (QED) is 0.830. The van der Waals surface area contributed by atoms with Gasteiger partial charge in [0.1, 0.15) is 0 Å². The number of nitrogens with zero attached hydrogens (tertiary/aromatic N) is 4. The maximum atomic E-state index is 4.32. The van der Waals surface area contributed by atoms with Crippen molar-refractivity contribution in [2.75, 3.05) is 5.32 Å². The van der Waals surface area contributed by atoms with Crippen molar-refractivity contribution in [2.24, 2.45) is 7.05 Å². The number of aromatic nitrogens is 4. The summed E-state index contributed by atoms with van der Waals surface area (Å²) in [5.74, 6) is 0.933. The van der Waals surface area contributed by atoms with Crippen molar-refractivity contribution in [3.05, 3.63) is 30.4 Å². The van der Waals surface area contributed by atoms with E-state index < -0.39 is 0 Å². The molecular formula is C12H19N5. The fourth-order valence-corrected chi connectivity index (χ4v) is 1.73. The van der Waals surface area contributed by atoms with Gasteiger partial charge in [0.25, 0.3) is 0 Å². The van der Waals surface area contributed by atoms with Crippen LogP contribution >= 0.6 is 0 Å². The van der Waals surface area contributed by atoms with E-state index in [4.69, 9.17) is 0 Å². The highest BCUT2D eigenvalue weighted by Crippen LogP contribution is 2.08. The second kappa shape index (κ2) is 5.52. The lowest BCUT2D eigenvalue weighted by Crippen LogP contribution is -2.07. The summed E-state index contributed by atoms with van der Waals surface area (Å²) in [6.45, 7) is 3.97. The smallest absolute Gasteiger partial charge is 0.203 e. The van der Waals surface area contributed by atoms with Gasteiger partial charge in [-0.15, -0.1) is 0 Å². The fourth-order valence-electron chi connectivity index (χ4n) is 1.73. The lowest BCUT2D eigenvalue weighted by atomic mass is 10.3. The predicted molar refractivity (Wildman–Crippen MR) is 67.7 cm³/mol. The van der Waals surface area contributed by atoms with Crippen molar-refractivity contribution < 1.29 is 0 Å². The van der Waals surface area contributed by atoms with Crippen LogP contribution in [0.3, 0.4) is 0 Å². The summed E-state index contributed by atoms with van der Waals surface area (Å²) in [4.78, 5) is 4.32. The summed E-state index contributed by atoms with van der Waals surface area (Å²) >= 11 is 0. The van der Waals surface area contributed by atoms with E-state index in [0.29, 0.717) is 0 Å². The first-order valence-corrected chi connectivity index (χ1v) is 6.02. The van der Waals surface area contributed by atoms with Crippen LogP contribution in [0.5, 0.6) is 0 Å². The summed E-state index contributed by atoms with van der Waals surface area (Å²) in [5, 5.41) is 7.47. The van der Waals surface area contributed by atoms with E-state index in [-0.39, 0.29) is 0 Å². The Morgan fingerprint density at radius 1 is 1.41 bits per heavy atom. The molecule has 0 amide bonds. The van der Waals surface area contributed by atoms with Crippen molar-refractivity contribution in [2.45, 2.75) is 32.9 Å². The van der Waals surface area contributed by atoms with Crippen LogP contribution in [-0.2, 0) is 20.1 Å². The molecule has 2 aromatic rings. The number of aryl methyl sites for hydroxylation is 2. The largest absolute Gasteiger partial charge is 0.351 e. The highest BCUT2D eigenvalue weighted by atomic mass is 15.2. The summed E-state index contributed by atoms with van der Waals surface area (Å²) in [6, 6.07) is 0. The third kappa shape index (κ3) is 3.09. The number of nitrogens with one attached hydrogen (secondary N) is 1. The minimum absolute atomic E-state index is 0.761.